The van der Waals surface area contributed by atoms with Crippen molar-refractivity contribution in [2.24, 2.45) is 11.8 Å². The number of piperidine rings is 1. The molecule has 1 saturated heterocycles. The molecule has 4 aliphatic heterocycles. The maximum absolute atomic E-state index is 15.6. The average molecular weight is 891 g/mol. The van der Waals surface area contributed by atoms with Gasteiger partial charge in [0, 0.05) is 38.0 Å². The smallest absolute Gasteiger partial charge is 0.289 e. The van der Waals surface area contributed by atoms with Crippen LogP contribution in [0.1, 0.15) is 101 Å². The molecule has 5 aromatic carbocycles. The highest BCUT2D eigenvalue weighted by atomic mass is 16.7. The molecule has 5 aliphatic rings. The lowest BCUT2D eigenvalue weighted by Gasteiger charge is -2.49. The van der Waals surface area contributed by atoms with Crippen molar-refractivity contribution in [3.05, 3.63) is 153 Å². The standard InChI is InChI=1S/C56H62N2O8/c1-6-36-31-57-20-18-38-25-50(61-2)52(63-4)29-45(38)48(57)23-40(36)24-49-46-30-53(64-5)51(62-3)26-39(46)19-21-58(49)56(60)54-27-41(28-55(66-54)65-33-35-16-14-34(32-59)15-17-35)43-12-9-13-44-42-11-8-7-10-37(42)22-47(43)44/h7-17,25-27,29-30,36,40-41,48-49,55,59H,6,18-24,28,31-33H2,1-5H3/t36-,40+,41+,48-,49+,55-/m0/s1. The first kappa shape index (κ1) is 44.0. The first-order valence-electron chi connectivity index (χ1n) is 23.7. The van der Waals surface area contributed by atoms with Crippen molar-refractivity contribution in [3.63, 3.8) is 0 Å². The number of methoxy groups -OCH3 is 4. The van der Waals surface area contributed by atoms with Crippen molar-refractivity contribution in [2.45, 2.75) is 89.4 Å². The highest BCUT2D eigenvalue weighted by molar-refractivity contribution is 5.92. The molecule has 1 fully saturated rings. The Hall–Kier alpha value is -5.81. The van der Waals surface area contributed by atoms with Crippen molar-refractivity contribution in [2.75, 3.05) is 48.1 Å². The van der Waals surface area contributed by atoms with Crippen LogP contribution in [0.4, 0.5) is 0 Å². The number of hydrogen-bond acceptors (Lipinski definition) is 9. The van der Waals surface area contributed by atoms with Gasteiger partial charge in [0.05, 0.1) is 47.7 Å². The van der Waals surface area contributed by atoms with Crippen LogP contribution in [0.25, 0.3) is 11.1 Å². The third-order valence-electron chi connectivity index (χ3n) is 15.3. The molecule has 1 aliphatic carbocycles. The number of rotatable bonds is 13. The van der Waals surface area contributed by atoms with Crippen molar-refractivity contribution in [1.29, 1.82) is 0 Å². The summed E-state index contributed by atoms with van der Waals surface area (Å²) in [7, 11) is 6.77. The quantitative estimate of drug-likeness (QED) is 0.122. The van der Waals surface area contributed by atoms with Crippen molar-refractivity contribution < 1.29 is 38.3 Å². The number of ether oxygens (including phenoxy) is 6. The van der Waals surface area contributed by atoms with Crippen LogP contribution < -0.4 is 18.9 Å². The van der Waals surface area contributed by atoms with E-state index in [1.807, 2.05) is 24.3 Å². The molecule has 0 unspecified atom stereocenters. The van der Waals surface area contributed by atoms with Gasteiger partial charge in [-0.2, -0.15) is 0 Å². The molecule has 6 atom stereocenters. The van der Waals surface area contributed by atoms with Gasteiger partial charge in [-0.3, -0.25) is 9.69 Å². The molecule has 0 saturated carbocycles. The highest BCUT2D eigenvalue weighted by Gasteiger charge is 2.44. The van der Waals surface area contributed by atoms with Crippen LogP contribution in [0.2, 0.25) is 0 Å². The summed E-state index contributed by atoms with van der Waals surface area (Å²) in [6.07, 6.45) is 7.30. The zero-order valence-corrected chi connectivity index (χ0v) is 38.9. The summed E-state index contributed by atoms with van der Waals surface area (Å²) >= 11 is 0. The summed E-state index contributed by atoms with van der Waals surface area (Å²) in [5.74, 6) is 3.77. The Bertz CT molecular complexity index is 2620. The molecule has 0 spiro atoms. The topological polar surface area (TPSA) is 99.2 Å². The minimum Gasteiger partial charge on any atom is -0.493 e. The SMILES string of the molecule is CC[C@H]1CN2CCc3cc(OC)c(OC)cc3[C@@H]2C[C@@H]1C[C@@H]1c2cc(OC)c(OC)cc2CCN1C(=O)C1=C[C@@H](c2cccc3c2Cc2ccccc2-3)C[C@@H](OCc2ccc(CO)cc2)O1. The molecule has 4 heterocycles. The predicted octanol–water partition coefficient (Wildman–Crippen LogP) is 9.88. The highest BCUT2D eigenvalue weighted by Crippen LogP contribution is 2.50. The second-order valence-electron chi connectivity index (χ2n) is 18.7. The summed E-state index contributed by atoms with van der Waals surface area (Å²) in [4.78, 5) is 20.4. The van der Waals surface area contributed by atoms with Gasteiger partial charge in [0.15, 0.2) is 28.8 Å². The van der Waals surface area contributed by atoms with Gasteiger partial charge in [-0.1, -0.05) is 80.1 Å². The van der Waals surface area contributed by atoms with E-state index in [1.165, 1.54) is 44.5 Å². The van der Waals surface area contributed by atoms with Gasteiger partial charge >= 0.3 is 0 Å². The fraction of sp³-hybridized carbons (Fsp3) is 0.411. The van der Waals surface area contributed by atoms with Gasteiger partial charge in [0.1, 0.15) is 0 Å². The summed E-state index contributed by atoms with van der Waals surface area (Å²) in [5, 5.41) is 9.65. The number of hydrogen-bond donors (Lipinski definition) is 1. The fourth-order valence-corrected chi connectivity index (χ4v) is 11.8. The molecule has 10 heteroatoms. The van der Waals surface area contributed by atoms with Gasteiger partial charge in [-0.05, 0) is 135 Å². The molecule has 66 heavy (non-hydrogen) atoms. The van der Waals surface area contributed by atoms with Crippen LogP contribution in [0, 0.1) is 11.8 Å². The predicted molar refractivity (Wildman–Crippen MR) is 254 cm³/mol. The lowest BCUT2D eigenvalue weighted by atomic mass is 9.72. The lowest BCUT2D eigenvalue weighted by molar-refractivity contribution is -0.158. The van der Waals surface area contributed by atoms with E-state index in [4.69, 9.17) is 28.4 Å². The number of aliphatic hydroxyl groups is 1. The van der Waals surface area contributed by atoms with E-state index in [2.05, 4.69) is 89.5 Å². The minimum absolute atomic E-state index is 0.0178. The van der Waals surface area contributed by atoms with E-state index >= 15 is 4.79 Å². The van der Waals surface area contributed by atoms with Gasteiger partial charge in [0.25, 0.3) is 5.91 Å². The number of nitrogens with zero attached hydrogens (tertiary/aromatic N) is 2. The van der Waals surface area contributed by atoms with Crippen LogP contribution in [-0.2, 0) is 46.7 Å². The number of fused-ring (bicyclic) bond motifs is 7. The lowest BCUT2D eigenvalue weighted by Crippen LogP contribution is -2.48. The Balaban J connectivity index is 1.01. The van der Waals surface area contributed by atoms with E-state index < -0.39 is 6.29 Å². The third kappa shape index (κ3) is 8.22. The first-order chi connectivity index (χ1) is 32.3. The molecule has 0 bridgehead atoms. The fourth-order valence-electron chi connectivity index (χ4n) is 11.8. The van der Waals surface area contributed by atoms with E-state index in [-0.39, 0.29) is 30.5 Å². The van der Waals surface area contributed by atoms with Crippen LogP contribution in [0.15, 0.2) is 103 Å². The Morgan fingerprint density at radius 1 is 0.712 bits per heavy atom. The van der Waals surface area contributed by atoms with Gasteiger partial charge in [0.2, 0.25) is 6.29 Å². The Morgan fingerprint density at radius 3 is 2.11 bits per heavy atom. The number of benzene rings is 5. The molecule has 10 rings (SSSR count). The molecular formula is C56H62N2O8. The first-order valence-corrected chi connectivity index (χ1v) is 23.7. The number of carbonyl (C=O) groups is 1. The molecule has 344 valence electrons. The zero-order valence-electron chi connectivity index (χ0n) is 38.9. The van der Waals surface area contributed by atoms with Crippen LogP contribution in [0.3, 0.4) is 0 Å². The molecule has 5 aromatic rings. The van der Waals surface area contributed by atoms with Gasteiger partial charge < -0.3 is 38.4 Å². The Kier molecular flexibility index (Phi) is 12.6. The Morgan fingerprint density at radius 2 is 1.38 bits per heavy atom. The van der Waals surface area contributed by atoms with Gasteiger partial charge in [-0.25, -0.2) is 0 Å². The molecule has 1 N–H and O–H groups in total. The molecule has 1 amide bonds. The number of amides is 1. The monoisotopic (exact) mass is 890 g/mol. The minimum atomic E-state index is -0.660. The summed E-state index contributed by atoms with van der Waals surface area (Å²) < 4.78 is 36.7. The summed E-state index contributed by atoms with van der Waals surface area (Å²) in [6, 6.07) is 31.6. The Labute approximate surface area is 389 Å². The van der Waals surface area contributed by atoms with E-state index in [1.54, 1.807) is 28.4 Å². The number of aliphatic hydroxyl groups excluding tert-OH is 1. The maximum atomic E-state index is 15.6. The zero-order chi connectivity index (χ0) is 45.5. The van der Waals surface area contributed by atoms with Crippen LogP contribution in [-0.4, -0.2) is 75.2 Å². The number of carbonyl (C=O) groups excluding carboxylic acids is 1. The second-order valence-corrected chi connectivity index (χ2v) is 18.7. The van der Waals surface area contributed by atoms with Crippen LogP contribution >= 0.6 is 0 Å². The van der Waals surface area contributed by atoms with Gasteiger partial charge in [-0.15, -0.1) is 0 Å². The normalized spacial score (nSPS) is 23.0. The largest absolute Gasteiger partial charge is 0.493 e. The van der Waals surface area contributed by atoms with Crippen molar-refractivity contribution in [3.8, 4) is 34.1 Å². The summed E-state index contributed by atoms with van der Waals surface area (Å²) in [5.41, 5.74) is 13.1. The van der Waals surface area contributed by atoms with Crippen molar-refractivity contribution in [1.82, 2.24) is 9.80 Å². The molecular weight excluding hydrogens is 829 g/mol. The molecule has 0 aromatic heterocycles. The maximum Gasteiger partial charge on any atom is 0.289 e. The molecule has 10 nitrogen and oxygen atoms in total. The average Bonchev–Trinajstić information content (AvgIpc) is 3.76. The summed E-state index contributed by atoms with van der Waals surface area (Å²) in [6.45, 7) is 5.15. The molecule has 0 radical (unpaired) electrons. The van der Waals surface area contributed by atoms with Crippen molar-refractivity contribution >= 4 is 5.91 Å². The second kappa shape index (κ2) is 18.8. The van der Waals surface area contributed by atoms with Crippen LogP contribution in [0.5, 0.6) is 23.0 Å². The van der Waals surface area contributed by atoms with E-state index in [0.717, 1.165) is 73.4 Å². The van der Waals surface area contributed by atoms with E-state index in [9.17, 15) is 5.11 Å². The third-order valence-corrected chi connectivity index (χ3v) is 15.3. The number of allylic oxidation sites excluding steroid dienone is 1. The van der Waals surface area contributed by atoms with E-state index in [0.29, 0.717) is 55.1 Å².